The summed E-state index contributed by atoms with van der Waals surface area (Å²) in [5.41, 5.74) is 2.86. The van der Waals surface area contributed by atoms with E-state index in [1.165, 1.54) is 12.1 Å². The van der Waals surface area contributed by atoms with Gasteiger partial charge in [-0.1, -0.05) is 17.7 Å². The molecule has 2 N–H and O–H groups in total. The van der Waals surface area contributed by atoms with E-state index in [1.807, 2.05) is 6.92 Å². The van der Waals surface area contributed by atoms with E-state index < -0.39 is 10.0 Å². The van der Waals surface area contributed by atoms with Crippen molar-refractivity contribution in [3.63, 3.8) is 0 Å². The fourth-order valence-corrected chi connectivity index (χ4v) is 4.37. The number of carbonyl (C=O) groups excluding carboxylic acids is 1. The van der Waals surface area contributed by atoms with E-state index in [9.17, 15) is 13.2 Å². The highest BCUT2D eigenvalue weighted by Crippen LogP contribution is 2.30. The largest absolute Gasteiger partial charge is 0.467 e. The van der Waals surface area contributed by atoms with Gasteiger partial charge in [0.15, 0.2) is 5.76 Å². The molecule has 0 saturated heterocycles. The van der Waals surface area contributed by atoms with Crippen LogP contribution < -0.4 is 10.1 Å². The first-order valence-corrected chi connectivity index (χ1v) is 11.4. The molecule has 1 aliphatic rings. The standard InChI is InChI=1S/C22H23N3O5S/c1-14-8-10-17(11-9-14)31(27,28)25-24-18-6-3-7-19-20(18)15(2)21(30-19)22(26)23-13-16-5-4-12-29-16/h4-5,8-12,25H,3,6-7,13H2,1-2H3,(H,23,26)/b24-18+. The molecule has 0 spiro atoms. The van der Waals surface area contributed by atoms with Gasteiger partial charge < -0.3 is 14.2 Å². The third-order valence-corrected chi connectivity index (χ3v) is 6.39. The summed E-state index contributed by atoms with van der Waals surface area (Å²) in [7, 11) is -3.79. The molecular weight excluding hydrogens is 418 g/mol. The van der Waals surface area contributed by atoms with E-state index in [1.54, 1.807) is 37.5 Å². The van der Waals surface area contributed by atoms with Gasteiger partial charge in [-0.05, 0) is 51.0 Å². The van der Waals surface area contributed by atoms with E-state index in [0.29, 0.717) is 41.2 Å². The number of furan rings is 2. The summed E-state index contributed by atoms with van der Waals surface area (Å²) in [5.74, 6) is 1.12. The van der Waals surface area contributed by atoms with Gasteiger partial charge in [0, 0.05) is 17.5 Å². The van der Waals surface area contributed by atoms with Crippen LogP contribution in [0.25, 0.3) is 0 Å². The molecule has 0 fully saturated rings. The Morgan fingerprint density at radius 3 is 2.61 bits per heavy atom. The summed E-state index contributed by atoms with van der Waals surface area (Å²) in [4.78, 5) is 15.1. The molecule has 31 heavy (non-hydrogen) atoms. The summed E-state index contributed by atoms with van der Waals surface area (Å²) < 4.78 is 36.2. The van der Waals surface area contributed by atoms with Crippen LogP contribution in [-0.2, 0) is 23.0 Å². The number of nitrogens with one attached hydrogen (secondary N) is 2. The zero-order valence-electron chi connectivity index (χ0n) is 17.3. The zero-order valence-corrected chi connectivity index (χ0v) is 18.1. The lowest BCUT2D eigenvalue weighted by molar-refractivity contribution is 0.0917. The maximum Gasteiger partial charge on any atom is 0.287 e. The number of nitrogens with zero attached hydrogens (tertiary/aromatic N) is 1. The molecule has 0 atom stereocenters. The highest BCUT2D eigenvalue weighted by Gasteiger charge is 2.28. The second-order valence-electron chi connectivity index (χ2n) is 7.44. The fraction of sp³-hybridized carbons (Fsp3) is 0.273. The molecule has 0 bridgehead atoms. The summed E-state index contributed by atoms with van der Waals surface area (Å²) in [6.07, 6.45) is 3.53. The molecule has 0 saturated carbocycles. The molecule has 0 aliphatic heterocycles. The monoisotopic (exact) mass is 441 g/mol. The van der Waals surface area contributed by atoms with Crippen molar-refractivity contribution in [3.05, 3.63) is 76.6 Å². The van der Waals surface area contributed by atoms with Gasteiger partial charge in [0.2, 0.25) is 0 Å². The van der Waals surface area contributed by atoms with Crippen molar-refractivity contribution in [2.24, 2.45) is 5.10 Å². The van der Waals surface area contributed by atoms with E-state index in [0.717, 1.165) is 12.0 Å². The summed E-state index contributed by atoms with van der Waals surface area (Å²) in [5, 5.41) is 6.96. The van der Waals surface area contributed by atoms with E-state index >= 15 is 0 Å². The number of hydrogen-bond acceptors (Lipinski definition) is 6. The molecule has 2 aromatic heterocycles. The SMILES string of the molecule is Cc1ccc(S(=O)(=O)N/N=C2\CCCc3oc(C(=O)NCc4ccco4)c(C)c32)cc1. The highest BCUT2D eigenvalue weighted by atomic mass is 32.2. The molecule has 0 radical (unpaired) electrons. The highest BCUT2D eigenvalue weighted by molar-refractivity contribution is 7.89. The molecule has 2 heterocycles. The number of hydrogen-bond donors (Lipinski definition) is 2. The van der Waals surface area contributed by atoms with Crippen molar-refractivity contribution in [1.82, 2.24) is 10.1 Å². The van der Waals surface area contributed by atoms with E-state index in [-0.39, 0.29) is 23.1 Å². The quantitative estimate of drug-likeness (QED) is 0.569. The van der Waals surface area contributed by atoms with Crippen molar-refractivity contribution in [1.29, 1.82) is 0 Å². The van der Waals surface area contributed by atoms with Gasteiger partial charge in [-0.2, -0.15) is 18.4 Å². The van der Waals surface area contributed by atoms with Crippen LogP contribution in [0.5, 0.6) is 0 Å². The van der Waals surface area contributed by atoms with Crippen LogP contribution in [0.3, 0.4) is 0 Å². The van der Waals surface area contributed by atoms with Crippen LogP contribution in [0.1, 0.15) is 51.6 Å². The van der Waals surface area contributed by atoms with E-state index in [2.05, 4.69) is 15.2 Å². The first-order valence-electron chi connectivity index (χ1n) is 9.93. The Balaban J connectivity index is 1.56. The first-order chi connectivity index (χ1) is 14.8. The van der Waals surface area contributed by atoms with Crippen LogP contribution >= 0.6 is 0 Å². The number of rotatable bonds is 6. The molecule has 1 aliphatic carbocycles. The predicted molar refractivity (Wildman–Crippen MR) is 114 cm³/mol. The second-order valence-corrected chi connectivity index (χ2v) is 9.10. The zero-order chi connectivity index (χ0) is 22.0. The number of benzene rings is 1. The van der Waals surface area contributed by atoms with Crippen LogP contribution in [-0.4, -0.2) is 20.0 Å². The molecule has 162 valence electrons. The molecule has 1 aromatic carbocycles. The minimum Gasteiger partial charge on any atom is -0.467 e. The molecule has 8 nitrogen and oxygen atoms in total. The summed E-state index contributed by atoms with van der Waals surface area (Å²) >= 11 is 0. The third kappa shape index (κ3) is 4.41. The topological polar surface area (TPSA) is 114 Å². The molecule has 0 unspecified atom stereocenters. The third-order valence-electron chi connectivity index (χ3n) is 5.17. The number of hydrazone groups is 1. The van der Waals surface area contributed by atoms with E-state index in [4.69, 9.17) is 8.83 Å². The van der Waals surface area contributed by atoms with Crippen LogP contribution in [0.15, 0.2) is 61.5 Å². The Labute approximate surface area is 180 Å². The van der Waals surface area contributed by atoms with Gasteiger partial charge in [0.1, 0.15) is 11.5 Å². The van der Waals surface area contributed by atoms with Crippen molar-refractivity contribution >= 4 is 21.6 Å². The van der Waals surface area contributed by atoms with Gasteiger partial charge >= 0.3 is 0 Å². The van der Waals surface area contributed by atoms with Crippen molar-refractivity contribution < 1.29 is 22.0 Å². The van der Waals surface area contributed by atoms with Gasteiger partial charge in [-0.3, -0.25) is 4.79 Å². The Bertz CT molecular complexity index is 1220. The van der Waals surface area contributed by atoms with Crippen molar-refractivity contribution in [2.45, 2.75) is 44.6 Å². The van der Waals surface area contributed by atoms with Gasteiger partial charge in [0.05, 0.1) is 23.4 Å². The number of sulfonamides is 1. The lowest BCUT2D eigenvalue weighted by Gasteiger charge is -2.14. The number of carbonyl (C=O) groups is 1. The average molecular weight is 442 g/mol. The maximum absolute atomic E-state index is 12.6. The smallest absolute Gasteiger partial charge is 0.287 e. The van der Waals surface area contributed by atoms with Crippen molar-refractivity contribution in [3.8, 4) is 0 Å². The van der Waals surface area contributed by atoms with Crippen LogP contribution in [0, 0.1) is 13.8 Å². The normalized spacial score (nSPS) is 15.0. The number of aryl methyl sites for hydroxylation is 2. The lowest BCUT2D eigenvalue weighted by atomic mass is 9.93. The minimum atomic E-state index is -3.79. The van der Waals surface area contributed by atoms with Crippen LogP contribution in [0.2, 0.25) is 0 Å². The number of fused-ring (bicyclic) bond motifs is 1. The van der Waals surface area contributed by atoms with Gasteiger partial charge in [0.25, 0.3) is 15.9 Å². The predicted octanol–water partition coefficient (Wildman–Crippen LogP) is 3.44. The Morgan fingerprint density at radius 1 is 1.13 bits per heavy atom. The molecular formula is C22H23N3O5S. The molecule has 9 heteroatoms. The second kappa shape index (κ2) is 8.43. The van der Waals surface area contributed by atoms with Crippen molar-refractivity contribution in [2.75, 3.05) is 0 Å². The van der Waals surface area contributed by atoms with Gasteiger partial charge in [-0.25, -0.2) is 0 Å². The average Bonchev–Trinajstić information content (AvgIpc) is 3.39. The van der Waals surface area contributed by atoms with Gasteiger partial charge in [-0.15, -0.1) is 0 Å². The first kappa shape index (κ1) is 20.9. The summed E-state index contributed by atoms with van der Waals surface area (Å²) in [6.45, 7) is 3.91. The van der Waals surface area contributed by atoms with Crippen LogP contribution in [0.4, 0.5) is 0 Å². The summed E-state index contributed by atoms with van der Waals surface area (Å²) in [6, 6.07) is 10.1. The Hall–Kier alpha value is -3.33. The molecule has 1 amide bonds. The minimum absolute atomic E-state index is 0.139. The maximum atomic E-state index is 12.6. The Morgan fingerprint density at radius 2 is 1.90 bits per heavy atom. The Kier molecular flexibility index (Phi) is 5.69. The lowest BCUT2D eigenvalue weighted by Crippen LogP contribution is -2.23. The number of amides is 1. The molecule has 3 aromatic rings. The fourth-order valence-electron chi connectivity index (χ4n) is 3.54. The molecule has 4 rings (SSSR count).